The van der Waals surface area contributed by atoms with Crippen LogP contribution in [-0.2, 0) is 29.2 Å². The third-order valence-electron chi connectivity index (χ3n) is 7.75. The summed E-state index contributed by atoms with van der Waals surface area (Å²) < 4.78 is 28.2. The van der Waals surface area contributed by atoms with Crippen LogP contribution in [0.5, 0.6) is 5.75 Å². The second-order valence-corrected chi connectivity index (χ2v) is 13.1. The molecule has 0 saturated heterocycles. The van der Waals surface area contributed by atoms with Gasteiger partial charge in [0, 0.05) is 6.54 Å². The summed E-state index contributed by atoms with van der Waals surface area (Å²) in [6, 6.07) is 4.05. The first-order valence-electron chi connectivity index (χ1n) is 14.9. The van der Waals surface area contributed by atoms with E-state index in [-0.39, 0.29) is 16.3 Å². The Kier molecular flexibility index (Phi) is 11.4. The van der Waals surface area contributed by atoms with E-state index in [1.807, 2.05) is 32.9 Å². The minimum atomic E-state index is -3.85. The van der Waals surface area contributed by atoms with Crippen molar-refractivity contribution in [1.82, 2.24) is 9.78 Å². The van der Waals surface area contributed by atoms with Crippen LogP contribution >= 0.6 is 0 Å². The molecular formula is C31H48N2O4S. The number of sulfone groups is 1. The first kappa shape index (κ1) is 30.4. The summed E-state index contributed by atoms with van der Waals surface area (Å²) in [6.45, 7) is 8.66. The Labute approximate surface area is 229 Å². The number of unbranched alkanes of at least 4 members (excludes halogenated alkanes) is 9. The standard InChI is InChI=1S/C31H48N2O4S/c1-5-8-9-10-11-12-13-14-15-16-19-38(36,37)30-29(34)28(31(35)33(32-30)22-24-17-18-24)27-25(6-2)20-23(4)21-26(27)7-3/h20-21,24,34H,5-19,22H2,1-4H3. The summed E-state index contributed by atoms with van der Waals surface area (Å²) in [5.41, 5.74) is 3.33. The van der Waals surface area contributed by atoms with Gasteiger partial charge in [-0.2, -0.15) is 5.10 Å². The van der Waals surface area contributed by atoms with Gasteiger partial charge in [0.15, 0.2) is 5.75 Å². The number of rotatable bonds is 17. The van der Waals surface area contributed by atoms with Gasteiger partial charge in [0.2, 0.25) is 14.9 Å². The molecule has 0 bridgehead atoms. The number of hydrogen-bond acceptors (Lipinski definition) is 5. The Morgan fingerprint density at radius 2 is 1.39 bits per heavy atom. The van der Waals surface area contributed by atoms with E-state index in [1.165, 1.54) is 43.2 Å². The average Bonchev–Trinajstić information content (AvgIpc) is 3.71. The first-order chi connectivity index (χ1) is 18.2. The van der Waals surface area contributed by atoms with Crippen molar-refractivity contribution in [2.45, 2.75) is 129 Å². The SMILES string of the molecule is CCCCCCCCCCCCS(=O)(=O)c1nn(CC2CC2)c(=O)c(-c2c(CC)cc(C)cc2CC)c1O. The highest BCUT2D eigenvalue weighted by atomic mass is 32.2. The van der Waals surface area contributed by atoms with E-state index in [4.69, 9.17) is 0 Å². The van der Waals surface area contributed by atoms with Gasteiger partial charge in [0.25, 0.3) is 5.56 Å². The molecule has 212 valence electrons. The number of nitrogens with zero attached hydrogens (tertiary/aromatic N) is 2. The molecule has 1 aliphatic carbocycles. The van der Waals surface area contributed by atoms with E-state index in [0.717, 1.165) is 48.8 Å². The second-order valence-electron chi connectivity index (χ2n) is 11.1. The summed E-state index contributed by atoms with van der Waals surface area (Å²) in [5, 5.41) is 15.3. The molecule has 0 amide bonds. The maximum absolute atomic E-state index is 13.6. The van der Waals surface area contributed by atoms with Gasteiger partial charge in [-0.25, -0.2) is 13.1 Å². The molecule has 0 spiro atoms. The number of aromatic nitrogens is 2. The fraction of sp³-hybridized carbons (Fsp3) is 0.677. The zero-order chi connectivity index (χ0) is 27.7. The van der Waals surface area contributed by atoms with Gasteiger partial charge in [-0.05, 0) is 61.6 Å². The Morgan fingerprint density at radius 3 is 1.89 bits per heavy atom. The summed E-state index contributed by atoms with van der Waals surface area (Å²) in [7, 11) is -3.85. The lowest BCUT2D eigenvalue weighted by molar-refractivity contribution is 0.426. The zero-order valence-corrected chi connectivity index (χ0v) is 24.8. The molecule has 0 atom stereocenters. The van der Waals surface area contributed by atoms with Gasteiger partial charge in [-0.1, -0.05) is 96.3 Å². The van der Waals surface area contributed by atoms with Crippen LogP contribution in [0.15, 0.2) is 22.0 Å². The molecule has 0 aliphatic heterocycles. The molecule has 1 aliphatic rings. The van der Waals surface area contributed by atoms with E-state index in [1.54, 1.807) is 0 Å². The highest BCUT2D eigenvalue weighted by Crippen LogP contribution is 2.37. The van der Waals surface area contributed by atoms with Gasteiger partial charge >= 0.3 is 0 Å². The molecule has 1 fully saturated rings. The molecule has 2 aromatic rings. The molecule has 1 aromatic carbocycles. The molecule has 0 radical (unpaired) electrons. The number of aryl methyl sites for hydroxylation is 3. The van der Waals surface area contributed by atoms with Crippen LogP contribution in [0.1, 0.15) is 115 Å². The number of hydrogen-bond donors (Lipinski definition) is 1. The number of benzene rings is 1. The average molecular weight is 545 g/mol. The lowest BCUT2D eigenvalue weighted by Gasteiger charge is -2.18. The maximum Gasteiger partial charge on any atom is 0.278 e. The fourth-order valence-corrected chi connectivity index (χ4v) is 6.74. The molecule has 0 unspecified atom stereocenters. The minimum Gasteiger partial charge on any atom is -0.504 e. The minimum absolute atomic E-state index is 0.0691. The first-order valence-corrected chi connectivity index (χ1v) is 16.6. The van der Waals surface area contributed by atoms with E-state index < -0.39 is 21.1 Å². The molecule has 1 aromatic heterocycles. The molecule has 38 heavy (non-hydrogen) atoms. The lowest BCUT2D eigenvalue weighted by Crippen LogP contribution is -2.29. The summed E-state index contributed by atoms with van der Waals surface area (Å²) in [5.74, 6) is -0.216. The number of aromatic hydroxyl groups is 1. The van der Waals surface area contributed by atoms with Crippen molar-refractivity contribution in [2.24, 2.45) is 5.92 Å². The molecular weight excluding hydrogens is 496 g/mol. The van der Waals surface area contributed by atoms with Gasteiger partial charge in [-0.15, -0.1) is 0 Å². The van der Waals surface area contributed by atoms with Gasteiger partial charge < -0.3 is 5.11 Å². The molecule has 1 saturated carbocycles. The van der Waals surface area contributed by atoms with Crippen LogP contribution in [0, 0.1) is 12.8 Å². The van der Waals surface area contributed by atoms with Crippen LogP contribution in [-0.4, -0.2) is 29.1 Å². The zero-order valence-electron chi connectivity index (χ0n) is 24.0. The molecule has 6 nitrogen and oxygen atoms in total. The van der Waals surface area contributed by atoms with Crippen LogP contribution in [0.4, 0.5) is 0 Å². The van der Waals surface area contributed by atoms with E-state index >= 15 is 0 Å². The van der Waals surface area contributed by atoms with Crippen molar-refractivity contribution in [2.75, 3.05) is 5.75 Å². The lowest BCUT2D eigenvalue weighted by atomic mass is 9.90. The van der Waals surface area contributed by atoms with E-state index in [0.29, 0.717) is 37.3 Å². The topological polar surface area (TPSA) is 89.3 Å². The summed E-state index contributed by atoms with van der Waals surface area (Å²) in [6.07, 6.45) is 14.5. The Hall–Kier alpha value is -2.15. The third kappa shape index (κ3) is 7.93. The van der Waals surface area contributed by atoms with Crippen LogP contribution in [0.25, 0.3) is 11.1 Å². The largest absolute Gasteiger partial charge is 0.504 e. The fourth-order valence-electron chi connectivity index (χ4n) is 5.34. The van der Waals surface area contributed by atoms with Crippen molar-refractivity contribution >= 4 is 9.84 Å². The van der Waals surface area contributed by atoms with Crippen molar-refractivity contribution in [3.8, 4) is 16.9 Å². The monoisotopic (exact) mass is 544 g/mol. The van der Waals surface area contributed by atoms with Crippen molar-refractivity contribution in [3.05, 3.63) is 39.2 Å². The second kappa shape index (κ2) is 14.3. The van der Waals surface area contributed by atoms with Crippen molar-refractivity contribution in [3.63, 3.8) is 0 Å². The third-order valence-corrected chi connectivity index (χ3v) is 9.44. The highest BCUT2D eigenvalue weighted by molar-refractivity contribution is 7.91. The van der Waals surface area contributed by atoms with Crippen molar-refractivity contribution in [1.29, 1.82) is 0 Å². The predicted octanol–water partition coefficient (Wildman–Crippen LogP) is 7.15. The molecule has 1 heterocycles. The van der Waals surface area contributed by atoms with Gasteiger partial charge in [-0.3, -0.25) is 4.79 Å². The van der Waals surface area contributed by atoms with E-state index in [9.17, 15) is 18.3 Å². The summed E-state index contributed by atoms with van der Waals surface area (Å²) >= 11 is 0. The quantitative estimate of drug-likeness (QED) is 0.214. The van der Waals surface area contributed by atoms with Gasteiger partial charge in [0.1, 0.15) is 0 Å². The molecule has 3 rings (SSSR count). The van der Waals surface area contributed by atoms with Crippen LogP contribution in [0.3, 0.4) is 0 Å². The smallest absolute Gasteiger partial charge is 0.278 e. The Balaban J connectivity index is 1.84. The highest BCUT2D eigenvalue weighted by Gasteiger charge is 2.31. The Bertz CT molecular complexity index is 1200. The maximum atomic E-state index is 13.6. The molecule has 1 N–H and O–H groups in total. The van der Waals surface area contributed by atoms with Crippen LogP contribution in [0.2, 0.25) is 0 Å². The molecule has 7 heteroatoms. The predicted molar refractivity (Wildman–Crippen MR) is 156 cm³/mol. The van der Waals surface area contributed by atoms with E-state index in [2.05, 4.69) is 12.0 Å². The Morgan fingerprint density at radius 1 is 0.868 bits per heavy atom. The van der Waals surface area contributed by atoms with Gasteiger partial charge in [0.05, 0.1) is 11.3 Å². The van der Waals surface area contributed by atoms with Crippen LogP contribution < -0.4 is 5.56 Å². The summed E-state index contributed by atoms with van der Waals surface area (Å²) in [4.78, 5) is 13.6. The normalized spacial score (nSPS) is 13.8. The van der Waals surface area contributed by atoms with Crippen molar-refractivity contribution < 1.29 is 13.5 Å².